The number of hydrogen-bond donors (Lipinski definition) is 3. The normalized spacial score (nSPS) is 20.5. The number of rotatable bonds is 4. The number of benzene rings is 1. The van der Waals surface area contributed by atoms with E-state index in [4.69, 9.17) is 0 Å². The van der Waals surface area contributed by atoms with Gasteiger partial charge in [0.05, 0.1) is 23.5 Å². The molecule has 1 aromatic carbocycles. The van der Waals surface area contributed by atoms with Crippen molar-refractivity contribution in [3.05, 3.63) is 30.1 Å². The van der Waals surface area contributed by atoms with E-state index < -0.39 is 0 Å². The van der Waals surface area contributed by atoms with Crippen molar-refractivity contribution < 1.29 is 9.59 Å². The third kappa shape index (κ3) is 3.75. The average Bonchev–Trinajstić information content (AvgIpc) is 3.35. The third-order valence-corrected chi connectivity index (χ3v) is 4.85. The van der Waals surface area contributed by atoms with Gasteiger partial charge in [0.1, 0.15) is 5.82 Å². The molecule has 2 aromatic rings. The van der Waals surface area contributed by atoms with Crippen LogP contribution in [0.3, 0.4) is 0 Å². The van der Waals surface area contributed by atoms with E-state index in [1.807, 2.05) is 24.3 Å². The molecule has 2 aliphatic rings. The quantitative estimate of drug-likeness (QED) is 0.791. The SMILES string of the molecule is O=C(NCc1nc2ccccc2[nH]1)C1CCCN(C(=O)NC2CC2)C1. The maximum atomic E-state index is 12.5. The van der Waals surface area contributed by atoms with Crippen LogP contribution in [-0.4, -0.2) is 45.9 Å². The van der Waals surface area contributed by atoms with Gasteiger partial charge in [0, 0.05) is 19.1 Å². The predicted molar refractivity (Wildman–Crippen MR) is 93.8 cm³/mol. The van der Waals surface area contributed by atoms with Crippen molar-refractivity contribution in [3.8, 4) is 0 Å². The Labute approximate surface area is 146 Å². The zero-order valence-corrected chi connectivity index (χ0v) is 14.1. The fourth-order valence-corrected chi connectivity index (χ4v) is 3.27. The highest BCUT2D eigenvalue weighted by molar-refractivity contribution is 5.81. The molecule has 3 N–H and O–H groups in total. The number of fused-ring (bicyclic) bond motifs is 1. The lowest BCUT2D eigenvalue weighted by atomic mass is 9.97. The first-order chi connectivity index (χ1) is 12.2. The van der Waals surface area contributed by atoms with Crippen molar-refractivity contribution in [2.45, 2.75) is 38.3 Å². The first-order valence-electron chi connectivity index (χ1n) is 8.96. The van der Waals surface area contributed by atoms with E-state index in [1.165, 1.54) is 0 Å². The monoisotopic (exact) mass is 341 g/mol. The van der Waals surface area contributed by atoms with Crippen LogP contribution in [0.2, 0.25) is 0 Å². The number of amides is 3. The molecule has 1 saturated carbocycles. The summed E-state index contributed by atoms with van der Waals surface area (Å²) in [7, 11) is 0. The van der Waals surface area contributed by atoms with E-state index in [-0.39, 0.29) is 17.9 Å². The number of hydrogen-bond acceptors (Lipinski definition) is 3. The summed E-state index contributed by atoms with van der Waals surface area (Å²) in [5.41, 5.74) is 1.86. The van der Waals surface area contributed by atoms with Gasteiger partial charge in [-0.2, -0.15) is 0 Å². The molecule has 2 fully saturated rings. The van der Waals surface area contributed by atoms with Crippen LogP contribution in [0.1, 0.15) is 31.5 Å². The Bertz CT molecular complexity index is 750. The molecule has 2 heterocycles. The number of H-pyrrole nitrogens is 1. The number of aromatic amines is 1. The summed E-state index contributed by atoms with van der Waals surface area (Å²) in [6, 6.07) is 8.10. The van der Waals surface area contributed by atoms with E-state index in [1.54, 1.807) is 4.90 Å². The Hall–Kier alpha value is -2.57. The lowest BCUT2D eigenvalue weighted by Gasteiger charge is -2.32. The number of para-hydroxylation sites is 2. The number of nitrogens with zero attached hydrogens (tertiary/aromatic N) is 2. The van der Waals surface area contributed by atoms with Crippen LogP contribution in [0.15, 0.2) is 24.3 Å². The van der Waals surface area contributed by atoms with Crippen LogP contribution in [0.4, 0.5) is 4.79 Å². The molecule has 1 aliphatic carbocycles. The first-order valence-corrected chi connectivity index (χ1v) is 8.96. The lowest BCUT2D eigenvalue weighted by Crippen LogP contribution is -2.49. The fraction of sp³-hybridized carbons (Fsp3) is 0.500. The van der Waals surface area contributed by atoms with Gasteiger partial charge >= 0.3 is 6.03 Å². The molecular formula is C18H23N5O2. The molecule has 1 unspecified atom stereocenters. The van der Waals surface area contributed by atoms with E-state index >= 15 is 0 Å². The van der Waals surface area contributed by atoms with E-state index in [0.29, 0.717) is 19.1 Å². The Morgan fingerprint density at radius 1 is 1.24 bits per heavy atom. The van der Waals surface area contributed by atoms with Gasteiger partial charge in [-0.25, -0.2) is 9.78 Å². The molecule has 0 bridgehead atoms. The summed E-state index contributed by atoms with van der Waals surface area (Å²) in [4.78, 5) is 34.1. The second kappa shape index (κ2) is 6.74. The number of piperidine rings is 1. The predicted octanol–water partition coefficient (Wildman–Crippen LogP) is 1.76. The number of carbonyl (C=O) groups is 2. The summed E-state index contributed by atoms with van der Waals surface area (Å²) in [6.45, 7) is 1.59. The fourth-order valence-electron chi connectivity index (χ4n) is 3.27. The third-order valence-electron chi connectivity index (χ3n) is 4.85. The van der Waals surface area contributed by atoms with Crippen LogP contribution < -0.4 is 10.6 Å². The summed E-state index contributed by atoms with van der Waals surface area (Å²) in [6.07, 6.45) is 3.82. The van der Waals surface area contributed by atoms with Gasteiger partial charge in [0.25, 0.3) is 0 Å². The van der Waals surface area contributed by atoms with Gasteiger partial charge in [-0.3, -0.25) is 4.79 Å². The average molecular weight is 341 g/mol. The van der Waals surface area contributed by atoms with Crippen molar-refractivity contribution >= 4 is 23.0 Å². The molecule has 0 radical (unpaired) electrons. The number of aromatic nitrogens is 2. The zero-order chi connectivity index (χ0) is 17.2. The van der Waals surface area contributed by atoms with Gasteiger partial charge in [0.2, 0.25) is 5.91 Å². The Balaban J connectivity index is 1.31. The van der Waals surface area contributed by atoms with Crippen LogP contribution in [0.5, 0.6) is 0 Å². The highest BCUT2D eigenvalue weighted by atomic mass is 16.2. The van der Waals surface area contributed by atoms with Crippen molar-refractivity contribution in [1.29, 1.82) is 0 Å². The van der Waals surface area contributed by atoms with Crippen molar-refractivity contribution in [2.24, 2.45) is 5.92 Å². The van der Waals surface area contributed by atoms with E-state index in [2.05, 4.69) is 20.6 Å². The van der Waals surface area contributed by atoms with Crippen LogP contribution in [0.25, 0.3) is 11.0 Å². The summed E-state index contributed by atoms with van der Waals surface area (Å²) in [5.74, 6) is 0.584. The minimum absolute atomic E-state index is 0.00984. The molecule has 132 valence electrons. The standard InChI is InChI=1S/C18H23N5O2/c24-17(19-10-16-21-14-5-1-2-6-15(14)22-16)12-4-3-9-23(11-12)18(25)20-13-7-8-13/h1-2,5-6,12-13H,3-4,7-11H2,(H,19,24)(H,20,25)(H,21,22). The molecule has 7 nitrogen and oxygen atoms in total. The molecule has 1 atom stereocenters. The van der Waals surface area contributed by atoms with E-state index in [9.17, 15) is 9.59 Å². The molecule has 1 saturated heterocycles. The number of urea groups is 1. The molecule has 4 rings (SSSR count). The first kappa shape index (κ1) is 15.9. The summed E-state index contributed by atoms with van der Waals surface area (Å²) >= 11 is 0. The highest BCUT2D eigenvalue weighted by Crippen LogP contribution is 2.21. The number of nitrogens with one attached hydrogen (secondary N) is 3. The number of imidazole rings is 1. The van der Waals surface area contributed by atoms with Gasteiger partial charge < -0.3 is 20.5 Å². The molecular weight excluding hydrogens is 318 g/mol. The molecule has 3 amide bonds. The van der Waals surface area contributed by atoms with Crippen molar-refractivity contribution in [3.63, 3.8) is 0 Å². The molecule has 1 aliphatic heterocycles. The van der Waals surface area contributed by atoms with Gasteiger partial charge in [-0.05, 0) is 37.8 Å². The zero-order valence-electron chi connectivity index (χ0n) is 14.1. The Morgan fingerprint density at radius 3 is 2.88 bits per heavy atom. The van der Waals surface area contributed by atoms with Crippen molar-refractivity contribution in [2.75, 3.05) is 13.1 Å². The second-order valence-corrected chi connectivity index (χ2v) is 6.93. The Kier molecular flexibility index (Phi) is 4.29. The van der Waals surface area contributed by atoms with Crippen LogP contribution >= 0.6 is 0 Å². The second-order valence-electron chi connectivity index (χ2n) is 6.93. The number of carbonyl (C=O) groups excluding carboxylic acids is 2. The highest BCUT2D eigenvalue weighted by Gasteiger charge is 2.31. The van der Waals surface area contributed by atoms with Crippen LogP contribution in [0, 0.1) is 5.92 Å². The largest absolute Gasteiger partial charge is 0.349 e. The smallest absolute Gasteiger partial charge is 0.317 e. The maximum absolute atomic E-state index is 12.5. The topological polar surface area (TPSA) is 90.1 Å². The number of likely N-dealkylation sites (tertiary alicyclic amines) is 1. The summed E-state index contributed by atoms with van der Waals surface area (Å²) in [5, 5.41) is 5.95. The Morgan fingerprint density at radius 2 is 2.08 bits per heavy atom. The molecule has 1 aromatic heterocycles. The maximum Gasteiger partial charge on any atom is 0.317 e. The summed E-state index contributed by atoms with van der Waals surface area (Å²) < 4.78 is 0. The van der Waals surface area contributed by atoms with Crippen LogP contribution in [-0.2, 0) is 11.3 Å². The lowest BCUT2D eigenvalue weighted by molar-refractivity contribution is -0.126. The minimum Gasteiger partial charge on any atom is -0.349 e. The minimum atomic E-state index is -0.150. The molecule has 25 heavy (non-hydrogen) atoms. The van der Waals surface area contributed by atoms with E-state index in [0.717, 1.165) is 49.1 Å². The molecule has 7 heteroatoms. The molecule has 0 spiro atoms. The van der Waals surface area contributed by atoms with Gasteiger partial charge in [-0.1, -0.05) is 12.1 Å². The van der Waals surface area contributed by atoms with Gasteiger partial charge in [-0.15, -0.1) is 0 Å². The van der Waals surface area contributed by atoms with Crippen molar-refractivity contribution in [1.82, 2.24) is 25.5 Å². The van der Waals surface area contributed by atoms with Gasteiger partial charge in [0.15, 0.2) is 0 Å².